The van der Waals surface area contributed by atoms with E-state index in [9.17, 15) is 0 Å². The second-order valence-corrected chi connectivity index (χ2v) is 7.35. The van der Waals surface area contributed by atoms with Gasteiger partial charge < -0.3 is 15.2 Å². The largest absolute Gasteiger partial charge is 0.345 e. The molecule has 0 radical (unpaired) electrons. The van der Waals surface area contributed by atoms with E-state index in [1.807, 2.05) is 18.0 Å². The molecule has 8 nitrogen and oxygen atoms in total. The van der Waals surface area contributed by atoms with E-state index in [2.05, 4.69) is 60.6 Å². The van der Waals surface area contributed by atoms with Gasteiger partial charge in [-0.3, -0.25) is 5.10 Å². The van der Waals surface area contributed by atoms with Crippen LogP contribution in [-0.4, -0.2) is 37.2 Å². The Hall–Kier alpha value is -3.42. The Bertz CT molecular complexity index is 1120. The van der Waals surface area contributed by atoms with Crippen LogP contribution in [-0.2, 0) is 6.54 Å². The molecule has 0 spiro atoms. The number of nitrogens with one attached hydrogen (secondary N) is 3. The SMILES string of the molecule is Cc1c(CN(C)c2nccc(Nc3cc(C4CC4)[nH]n3)n2)ccc2[nH]cnc12. The monoisotopic (exact) mass is 374 g/mol. The fourth-order valence-electron chi connectivity index (χ4n) is 3.43. The minimum absolute atomic E-state index is 0.644. The van der Waals surface area contributed by atoms with Crippen molar-refractivity contribution in [3.63, 3.8) is 0 Å². The zero-order valence-corrected chi connectivity index (χ0v) is 15.9. The van der Waals surface area contributed by atoms with Gasteiger partial charge in [0.15, 0.2) is 5.82 Å². The van der Waals surface area contributed by atoms with Crippen LogP contribution in [0.4, 0.5) is 17.6 Å². The number of fused-ring (bicyclic) bond motifs is 1. The Morgan fingerprint density at radius 2 is 2.07 bits per heavy atom. The van der Waals surface area contributed by atoms with E-state index >= 15 is 0 Å². The number of aromatic amines is 2. The third-order valence-corrected chi connectivity index (χ3v) is 5.22. The van der Waals surface area contributed by atoms with E-state index in [1.165, 1.54) is 29.7 Å². The molecule has 0 atom stereocenters. The molecule has 1 aliphatic carbocycles. The summed E-state index contributed by atoms with van der Waals surface area (Å²) >= 11 is 0. The van der Waals surface area contributed by atoms with Gasteiger partial charge in [0.2, 0.25) is 5.95 Å². The summed E-state index contributed by atoms with van der Waals surface area (Å²) in [5, 5.41) is 10.7. The van der Waals surface area contributed by atoms with Crippen LogP contribution in [0.15, 0.2) is 36.8 Å². The molecule has 3 N–H and O–H groups in total. The van der Waals surface area contributed by atoms with E-state index in [0.29, 0.717) is 18.4 Å². The van der Waals surface area contributed by atoms with Gasteiger partial charge in [0.25, 0.3) is 0 Å². The second-order valence-electron chi connectivity index (χ2n) is 7.35. The normalized spacial score (nSPS) is 13.8. The number of nitrogens with zero attached hydrogens (tertiary/aromatic N) is 5. The molecule has 8 heteroatoms. The van der Waals surface area contributed by atoms with Crippen LogP contribution in [0, 0.1) is 6.92 Å². The fourth-order valence-corrected chi connectivity index (χ4v) is 3.43. The van der Waals surface area contributed by atoms with Gasteiger partial charge in [-0.25, -0.2) is 9.97 Å². The van der Waals surface area contributed by atoms with Gasteiger partial charge in [-0.15, -0.1) is 0 Å². The van der Waals surface area contributed by atoms with Gasteiger partial charge in [-0.1, -0.05) is 6.07 Å². The van der Waals surface area contributed by atoms with Crippen LogP contribution in [0.2, 0.25) is 0 Å². The summed E-state index contributed by atoms with van der Waals surface area (Å²) in [5.41, 5.74) is 5.62. The number of imidazole rings is 1. The smallest absolute Gasteiger partial charge is 0.227 e. The molecular formula is C20H22N8. The maximum absolute atomic E-state index is 4.64. The molecule has 3 heterocycles. The number of H-pyrrole nitrogens is 2. The van der Waals surface area contributed by atoms with Crippen LogP contribution >= 0.6 is 0 Å². The van der Waals surface area contributed by atoms with E-state index in [-0.39, 0.29) is 0 Å². The molecule has 5 rings (SSSR count). The van der Waals surface area contributed by atoms with Gasteiger partial charge in [0, 0.05) is 37.5 Å². The first-order chi connectivity index (χ1) is 13.7. The predicted molar refractivity (Wildman–Crippen MR) is 109 cm³/mol. The fraction of sp³-hybridized carbons (Fsp3) is 0.300. The predicted octanol–water partition coefficient (Wildman–Crippen LogP) is 3.64. The second kappa shape index (κ2) is 6.63. The first kappa shape index (κ1) is 16.7. The van der Waals surface area contributed by atoms with Gasteiger partial charge in [-0.05, 0) is 43.0 Å². The summed E-state index contributed by atoms with van der Waals surface area (Å²) in [5.74, 6) is 2.81. The maximum atomic E-state index is 4.64. The van der Waals surface area contributed by atoms with Crippen LogP contribution in [0.25, 0.3) is 11.0 Å². The molecule has 0 amide bonds. The highest BCUT2D eigenvalue weighted by Gasteiger charge is 2.25. The highest BCUT2D eigenvalue weighted by molar-refractivity contribution is 5.79. The first-order valence-corrected chi connectivity index (χ1v) is 9.45. The highest BCUT2D eigenvalue weighted by atomic mass is 15.3. The van der Waals surface area contributed by atoms with Gasteiger partial charge in [0.1, 0.15) is 5.82 Å². The molecule has 1 saturated carbocycles. The number of hydrogen-bond donors (Lipinski definition) is 3. The van der Waals surface area contributed by atoms with Crippen LogP contribution in [0.1, 0.15) is 35.6 Å². The summed E-state index contributed by atoms with van der Waals surface area (Å²) in [4.78, 5) is 18.7. The Labute approximate surface area is 162 Å². The summed E-state index contributed by atoms with van der Waals surface area (Å²) < 4.78 is 0. The number of rotatable bonds is 6. The Morgan fingerprint density at radius 1 is 1.18 bits per heavy atom. The number of anilines is 3. The van der Waals surface area contributed by atoms with Crippen molar-refractivity contribution in [3.05, 3.63) is 53.6 Å². The maximum Gasteiger partial charge on any atom is 0.227 e. The molecule has 0 bridgehead atoms. The highest BCUT2D eigenvalue weighted by Crippen LogP contribution is 2.39. The lowest BCUT2D eigenvalue weighted by Crippen LogP contribution is -2.20. The lowest BCUT2D eigenvalue weighted by atomic mass is 10.1. The van der Waals surface area contributed by atoms with Crippen molar-refractivity contribution in [2.45, 2.75) is 32.2 Å². The zero-order chi connectivity index (χ0) is 19.1. The molecule has 142 valence electrons. The third kappa shape index (κ3) is 3.17. The van der Waals surface area contributed by atoms with E-state index in [1.54, 1.807) is 12.5 Å². The summed E-state index contributed by atoms with van der Waals surface area (Å²) in [6.07, 6.45) is 5.98. The number of aryl methyl sites for hydroxylation is 1. The number of aromatic nitrogens is 6. The molecule has 4 aromatic rings. The molecule has 1 fully saturated rings. The lowest BCUT2D eigenvalue weighted by molar-refractivity contribution is 0.863. The van der Waals surface area contributed by atoms with Crippen molar-refractivity contribution in [3.8, 4) is 0 Å². The van der Waals surface area contributed by atoms with Crippen LogP contribution < -0.4 is 10.2 Å². The van der Waals surface area contributed by atoms with Crippen LogP contribution in [0.3, 0.4) is 0 Å². The molecule has 0 aliphatic heterocycles. The molecule has 28 heavy (non-hydrogen) atoms. The Morgan fingerprint density at radius 3 is 2.93 bits per heavy atom. The minimum Gasteiger partial charge on any atom is -0.345 e. The van der Waals surface area contributed by atoms with Crippen molar-refractivity contribution < 1.29 is 0 Å². The zero-order valence-electron chi connectivity index (χ0n) is 15.9. The van der Waals surface area contributed by atoms with Crippen molar-refractivity contribution in [2.24, 2.45) is 0 Å². The summed E-state index contributed by atoms with van der Waals surface area (Å²) in [6.45, 7) is 2.80. The molecule has 1 aromatic carbocycles. The van der Waals surface area contributed by atoms with E-state index in [4.69, 9.17) is 0 Å². The minimum atomic E-state index is 0.644. The van der Waals surface area contributed by atoms with Gasteiger partial charge in [0.05, 0.1) is 17.4 Å². The molecule has 1 aliphatic rings. The van der Waals surface area contributed by atoms with Crippen molar-refractivity contribution in [1.29, 1.82) is 0 Å². The standard InChI is InChI=1S/C20H22N8/c1-12-14(5-6-15-19(12)23-11-22-15)10-28(2)20-21-8-7-17(25-20)24-18-9-16(26-27-18)13-3-4-13/h5-9,11,13H,3-4,10H2,1-2H3,(H,22,23)(H2,21,24,25,26,27). The average molecular weight is 374 g/mol. The number of benzene rings is 1. The Balaban J connectivity index is 1.33. The molecule has 0 saturated heterocycles. The first-order valence-electron chi connectivity index (χ1n) is 9.45. The lowest BCUT2D eigenvalue weighted by Gasteiger charge is -2.19. The van der Waals surface area contributed by atoms with Crippen molar-refractivity contribution in [2.75, 3.05) is 17.3 Å². The summed E-state index contributed by atoms with van der Waals surface area (Å²) in [6, 6.07) is 8.10. The topological polar surface area (TPSA) is 98.4 Å². The van der Waals surface area contributed by atoms with Crippen molar-refractivity contribution in [1.82, 2.24) is 30.1 Å². The van der Waals surface area contributed by atoms with E-state index in [0.717, 1.165) is 22.7 Å². The third-order valence-electron chi connectivity index (χ3n) is 5.22. The Kier molecular flexibility index (Phi) is 3.96. The van der Waals surface area contributed by atoms with Gasteiger partial charge >= 0.3 is 0 Å². The van der Waals surface area contributed by atoms with Gasteiger partial charge in [-0.2, -0.15) is 10.1 Å². The average Bonchev–Trinajstić information content (AvgIpc) is 3.25. The molecular weight excluding hydrogens is 352 g/mol. The van der Waals surface area contributed by atoms with Crippen LogP contribution in [0.5, 0.6) is 0 Å². The number of hydrogen-bond acceptors (Lipinski definition) is 6. The molecule has 0 unspecified atom stereocenters. The molecule has 3 aromatic heterocycles. The summed E-state index contributed by atoms with van der Waals surface area (Å²) in [7, 11) is 1.99. The van der Waals surface area contributed by atoms with E-state index < -0.39 is 0 Å². The van der Waals surface area contributed by atoms with Crippen molar-refractivity contribution >= 4 is 28.6 Å². The quantitative estimate of drug-likeness (QED) is 0.477.